The van der Waals surface area contributed by atoms with Crippen LogP contribution in [-0.2, 0) is 9.53 Å². The number of anilines is 1. The van der Waals surface area contributed by atoms with Crippen LogP contribution in [0.15, 0.2) is 24.3 Å². The van der Waals surface area contributed by atoms with Crippen molar-refractivity contribution in [1.29, 1.82) is 0 Å². The molecule has 0 aliphatic carbocycles. The molecule has 2 rings (SSSR count). The number of carbonyl (C=O) groups is 1. The van der Waals surface area contributed by atoms with Crippen molar-refractivity contribution in [2.45, 2.75) is 6.92 Å². The zero-order valence-corrected chi connectivity index (χ0v) is 13.3. The molecule has 5 nitrogen and oxygen atoms in total. The summed E-state index contributed by atoms with van der Waals surface area (Å²) in [4.78, 5) is 15.8. The molecular weight excluding hydrogens is 286 g/mol. The highest BCUT2D eigenvalue weighted by Gasteiger charge is 2.19. The number of likely N-dealkylation sites (N-methyl/N-ethyl adjacent to an activating group) is 1. The zero-order chi connectivity index (χ0) is 15.2. The van der Waals surface area contributed by atoms with Crippen molar-refractivity contribution in [2.75, 3.05) is 45.2 Å². The molecule has 1 aromatic rings. The van der Waals surface area contributed by atoms with Gasteiger partial charge in [-0.05, 0) is 30.8 Å². The summed E-state index contributed by atoms with van der Waals surface area (Å²) in [6, 6.07) is 7.93. The minimum atomic E-state index is 0.0785. The van der Waals surface area contributed by atoms with Crippen LogP contribution in [0.3, 0.4) is 0 Å². The SMILES string of the molecule is Cc1ccccc1NC(=S)N(C)CC(=O)N1CCOCC1. The largest absolute Gasteiger partial charge is 0.378 e. The lowest BCUT2D eigenvalue weighted by Crippen LogP contribution is -2.46. The molecule has 1 amide bonds. The van der Waals surface area contributed by atoms with Crippen molar-refractivity contribution >= 4 is 28.9 Å². The molecule has 0 spiro atoms. The average Bonchev–Trinajstić information content (AvgIpc) is 2.50. The van der Waals surface area contributed by atoms with Crippen molar-refractivity contribution < 1.29 is 9.53 Å². The number of morpholine rings is 1. The normalized spacial score (nSPS) is 14.7. The third-order valence-corrected chi connectivity index (χ3v) is 3.88. The highest BCUT2D eigenvalue weighted by Crippen LogP contribution is 2.13. The van der Waals surface area contributed by atoms with E-state index >= 15 is 0 Å². The van der Waals surface area contributed by atoms with Crippen LogP contribution in [0.4, 0.5) is 5.69 Å². The van der Waals surface area contributed by atoms with Gasteiger partial charge < -0.3 is 19.9 Å². The van der Waals surface area contributed by atoms with Gasteiger partial charge >= 0.3 is 0 Å². The summed E-state index contributed by atoms with van der Waals surface area (Å²) in [5.41, 5.74) is 2.08. The molecule has 1 N–H and O–H groups in total. The minimum absolute atomic E-state index is 0.0785. The van der Waals surface area contributed by atoms with Gasteiger partial charge in [0.25, 0.3) is 0 Å². The van der Waals surface area contributed by atoms with Crippen molar-refractivity contribution in [3.8, 4) is 0 Å². The standard InChI is InChI=1S/C15H21N3O2S/c1-12-5-3-4-6-13(12)16-15(21)17(2)11-14(19)18-7-9-20-10-8-18/h3-6H,7-11H2,1-2H3,(H,16,21). The molecule has 21 heavy (non-hydrogen) atoms. The highest BCUT2D eigenvalue weighted by molar-refractivity contribution is 7.80. The Morgan fingerprint density at radius 3 is 2.71 bits per heavy atom. The molecule has 114 valence electrons. The number of amides is 1. The van der Waals surface area contributed by atoms with Gasteiger partial charge in [-0.1, -0.05) is 18.2 Å². The maximum absolute atomic E-state index is 12.2. The monoisotopic (exact) mass is 307 g/mol. The molecular formula is C15H21N3O2S. The average molecular weight is 307 g/mol. The number of hydrogen-bond acceptors (Lipinski definition) is 3. The Balaban J connectivity index is 1.87. The first-order valence-electron chi connectivity index (χ1n) is 7.01. The second-order valence-electron chi connectivity index (χ2n) is 5.09. The fraction of sp³-hybridized carbons (Fsp3) is 0.467. The quantitative estimate of drug-likeness (QED) is 0.857. The van der Waals surface area contributed by atoms with Gasteiger partial charge in [-0.2, -0.15) is 0 Å². The predicted octanol–water partition coefficient (Wildman–Crippen LogP) is 1.48. The van der Waals surface area contributed by atoms with Crippen LogP contribution in [0.25, 0.3) is 0 Å². The number of para-hydroxylation sites is 1. The van der Waals surface area contributed by atoms with Crippen LogP contribution in [-0.4, -0.2) is 60.7 Å². The summed E-state index contributed by atoms with van der Waals surface area (Å²) in [7, 11) is 1.83. The van der Waals surface area contributed by atoms with Crippen LogP contribution < -0.4 is 5.32 Å². The summed E-state index contributed by atoms with van der Waals surface area (Å²) in [5.74, 6) is 0.0785. The van der Waals surface area contributed by atoms with Gasteiger partial charge in [-0.15, -0.1) is 0 Å². The summed E-state index contributed by atoms with van der Waals surface area (Å²) < 4.78 is 5.25. The Morgan fingerprint density at radius 2 is 2.05 bits per heavy atom. The Morgan fingerprint density at radius 1 is 1.38 bits per heavy atom. The molecule has 0 radical (unpaired) electrons. The lowest BCUT2D eigenvalue weighted by atomic mass is 10.2. The van der Waals surface area contributed by atoms with Crippen LogP contribution in [0.2, 0.25) is 0 Å². The van der Waals surface area contributed by atoms with Gasteiger partial charge in [0.1, 0.15) is 0 Å². The third kappa shape index (κ3) is 4.41. The van der Waals surface area contributed by atoms with Gasteiger partial charge in [0.05, 0.1) is 19.8 Å². The number of nitrogens with zero attached hydrogens (tertiary/aromatic N) is 2. The van der Waals surface area contributed by atoms with E-state index in [1.165, 1.54) is 0 Å². The number of benzene rings is 1. The molecule has 1 saturated heterocycles. The molecule has 6 heteroatoms. The zero-order valence-electron chi connectivity index (χ0n) is 12.5. The Labute approximate surface area is 130 Å². The highest BCUT2D eigenvalue weighted by atomic mass is 32.1. The number of ether oxygens (including phenoxy) is 1. The third-order valence-electron chi connectivity index (χ3n) is 3.47. The molecule has 0 atom stereocenters. The Kier molecular flexibility index (Phi) is 5.52. The first kappa shape index (κ1) is 15.7. The molecule has 1 aliphatic heterocycles. The van der Waals surface area contributed by atoms with E-state index in [1.54, 1.807) is 4.90 Å². The van der Waals surface area contributed by atoms with E-state index in [4.69, 9.17) is 17.0 Å². The topological polar surface area (TPSA) is 44.8 Å². The van der Waals surface area contributed by atoms with Crippen molar-refractivity contribution in [3.63, 3.8) is 0 Å². The van der Waals surface area contributed by atoms with E-state index in [0.717, 1.165) is 11.3 Å². The van der Waals surface area contributed by atoms with Crippen molar-refractivity contribution in [3.05, 3.63) is 29.8 Å². The van der Waals surface area contributed by atoms with Crippen LogP contribution in [0.5, 0.6) is 0 Å². The smallest absolute Gasteiger partial charge is 0.242 e. The van der Waals surface area contributed by atoms with Crippen molar-refractivity contribution in [2.24, 2.45) is 0 Å². The molecule has 0 saturated carbocycles. The van der Waals surface area contributed by atoms with Gasteiger partial charge in [-0.25, -0.2) is 0 Å². The molecule has 1 heterocycles. The summed E-state index contributed by atoms with van der Waals surface area (Å²) >= 11 is 5.36. The van der Waals surface area contributed by atoms with Gasteiger partial charge in [0.2, 0.25) is 5.91 Å². The van der Waals surface area contributed by atoms with Gasteiger partial charge in [0, 0.05) is 25.8 Å². The lowest BCUT2D eigenvalue weighted by molar-refractivity contribution is -0.135. The van der Waals surface area contributed by atoms with Crippen molar-refractivity contribution in [1.82, 2.24) is 9.80 Å². The number of hydrogen-bond donors (Lipinski definition) is 1. The van der Waals surface area contributed by atoms with E-state index < -0.39 is 0 Å². The molecule has 0 aromatic heterocycles. The first-order chi connectivity index (χ1) is 10.1. The predicted molar refractivity (Wildman–Crippen MR) is 87.4 cm³/mol. The number of nitrogens with one attached hydrogen (secondary N) is 1. The van der Waals surface area contributed by atoms with Crippen LogP contribution >= 0.6 is 12.2 Å². The van der Waals surface area contributed by atoms with Crippen LogP contribution in [0, 0.1) is 6.92 Å². The van der Waals surface area contributed by atoms with E-state index in [0.29, 0.717) is 31.4 Å². The van der Waals surface area contributed by atoms with Crippen LogP contribution in [0.1, 0.15) is 5.56 Å². The molecule has 0 bridgehead atoms. The van der Waals surface area contributed by atoms with E-state index in [9.17, 15) is 4.79 Å². The molecule has 1 fully saturated rings. The summed E-state index contributed by atoms with van der Waals surface area (Å²) in [5, 5.41) is 3.73. The number of aryl methyl sites for hydroxylation is 1. The Bertz CT molecular complexity index is 515. The second-order valence-corrected chi connectivity index (χ2v) is 5.48. The maximum atomic E-state index is 12.2. The van der Waals surface area contributed by atoms with Gasteiger partial charge in [-0.3, -0.25) is 4.79 Å². The van der Waals surface area contributed by atoms with E-state index in [-0.39, 0.29) is 12.5 Å². The summed E-state index contributed by atoms with van der Waals surface area (Å²) in [6.07, 6.45) is 0. The van der Waals surface area contributed by atoms with Gasteiger partial charge in [0.15, 0.2) is 5.11 Å². The maximum Gasteiger partial charge on any atom is 0.242 e. The Hall–Kier alpha value is -1.66. The molecule has 1 aliphatic rings. The first-order valence-corrected chi connectivity index (χ1v) is 7.42. The van der Waals surface area contributed by atoms with E-state index in [1.807, 2.05) is 43.1 Å². The molecule has 1 aromatic carbocycles. The van der Waals surface area contributed by atoms with E-state index in [2.05, 4.69) is 5.32 Å². The molecule has 0 unspecified atom stereocenters. The lowest BCUT2D eigenvalue weighted by Gasteiger charge is -2.29. The summed E-state index contributed by atoms with van der Waals surface area (Å²) in [6.45, 7) is 4.83. The number of thiocarbonyl (C=S) groups is 1. The number of carbonyl (C=O) groups excluding carboxylic acids is 1. The second kappa shape index (κ2) is 7.38. The number of rotatable bonds is 3. The fourth-order valence-corrected chi connectivity index (χ4v) is 2.29. The minimum Gasteiger partial charge on any atom is -0.378 e. The fourth-order valence-electron chi connectivity index (χ4n) is 2.11.